The van der Waals surface area contributed by atoms with Gasteiger partial charge in [0.15, 0.2) is 5.75 Å². The van der Waals surface area contributed by atoms with Crippen LogP contribution in [0.4, 0.5) is 18.9 Å². The Morgan fingerprint density at radius 2 is 2.00 bits per heavy atom. The summed E-state index contributed by atoms with van der Waals surface area (Å²) in [4.78, 5) is 10.9. The van der Waals surface area contributed by atoms with Gasteiger partial charge in [0.2, 0.25) is 0 Å². The van der Waals surface area contributed by atoms with Gasteiger partial charge >= 0.3 is 6.36 Å². The van der Waals surface area contributed by atoms with Crippen LogP contribution in [0.3, 0.4) is 0 Å². The third kappa shape index (κ3) is 3.28. The fourth-order valence-electron chi connectivity index (χ4n) is 0.932. The van der Waals surface area contributed by atoms with Gasteiger partial charge in [0.05, 0.1) is 11.3 Å². The molecule has 0 aromatic heterocycles. The van der Waals surface area contributed by atoms with Crippen LogP contribution < -0.4 is 10.5 Å². The van der Waals surface area contributed by atoms with E-state index in [0.717, 1.165) is 12.1 Å². The van der Waals surface area contributed by atoms with Gasteiger partial charge in [0.25, 0.3) is 5.24 Å². The molecule has 0 radical (unpaired) electrons. The lowest BCUT2D eigenvalue weighted by atomic mass is 10.2. The summed E-state index contributed by atoms with van der Waals surface area (Å²) < 4.78 is 39.7. The van der Waals surface area contributed by atoms with Gasteiger partial charge in [-0.05, 0) is 39.7 Å². The Kier molecular flexibility index (Phi) is 3.69. The Labute approximate surface area is 101 Å². The summed E-state index contributed by atoms with van der Waals surface area (Å²) in [6.45, 7) is 0. The highest BCUT2D eigenvalue weighted by Crippen LogP contribution is 2.33. The van der Waals surface area contributed by atoms with E-state index >= 15 is 0 Å². The fraction of sp³-hybridized carbons (Fsp3) is 0.125. The average Bonchev–Trinajstić information content (AvgIpc) is 2.07. The number of halogens is 5. The number of alkyl halides is 3. The molecule has 0 fully saturated rings. The van der Waals surface area contributed by atoms with Crippen LogP contribution in [-0.4, -0.2) is 11.6 Å². The standard InChI is InChI=1S/C8H4BrClF3NO2/c9-4-2-5(14)6(16-8(11,12)13)1-3(4)7(10)15/h1-2H,14H2. The monoisotopic (exact) mass is 317 g/mol. The Morgan fingerprint density at radius 1 is 1.44 bits per heavy atom. The first-order valence-electron chi connectivity index (χ1n) is 3.75. The van der Waals surface area contributed by atoms with Crippen molar-refractivity contribution in [3.63, 3.8) is 0 Å². The molecule has 0 aliphatic carbocycles. The second-order valence-electron chi connectivity index (χ2n) is 2.69. The number of benzene rings is 1. The van der Waals surface area contributed by atoms with Crippen molar-refractivity contribution >= 4 is 38.5 Å². The van der Waals surface area contributed by atoms with Crippen molar-refractivity contribution in [2.45, 2.75) is 6.36 Å². The van der Waals surface area contributed by atoms with Crippen molar-refractivity contribution in [2.75, 3.05) is 5.73 Å². The lowest BCUT2D eigenvalue weighted by Gasteiger charge is -2.12. The van der Waals surface area contributed by atoms with Gasteiger partial charge in [-0.1, -0.05) is 0 Å². The molecule has 0 spiro atoms. The molecule has 0 atom stereocenters. The lowest BCUT2D eigenvalue weighted by Crippen LogP contribution is -2.18. The molecule has 0 aliphatic heterocycles. The summed E-state index contributed by atoms with van der Waals surface area (Å²) in [7, 11) is 0. The van der Waals surface area contributed by atoms with E-state index in [0.29, 0.717) is 0 Å². The number of anilines is 1. The van der Waals surface area contributed by atoms with Crippen molar-refractivity contribution in [3.8, 4) is 5.75 Å². The maximum Gasteiger partial charge on any atom is 0.573 e. The summed E-state index contributed by atoms with van der Waals surface area (Å²) >= 11 is 8.10. The van der Waals surface area contributed by atoms with E-state index in [1.807, 2.05) is 0 Å². The molecule has 0 unspecified atom stereocenters. The number of nitrogen functional groups attached to an aromatic ring is 1. The van der Waals surface area contributed by atoms with E-state index in [-0.39, 0.29) is 15.7 Å². The van der Waals surface area contributed by atoms with Crippen LogP contribution in [0.2, 0.25) is 0 Å². The van der Waals surface area contributed by atoms with Gasteiger partial charge in [-0.15, -0.1) is 13.2 Å². The summed E-state index contributed by atoms with van der Waals surface area (Å²) in [5.74, 6) is -0.667. The van der Waals surface area contributed by atoms with Crippen LogP contribution in [0.1, 0.15) is 10.4 Å². The van der Waals surface area contributed by atoms with E-state index in [2.05, 4.69) is 20.7 Å². The van der Waals surface area contributed by atoms with Crippen LogP contribution in [0.15, 0.2) is 16.6 Å². The minimum Gasteiger partial charge on any atom is -0.404 e. The maximum absolute atomic E-state index is 11.9. The first-order valence-corrected chi connectivity index (χ1v) is 4.92. The normalized spacial score (nSPS) is 11.3. The summed E-state index contributed by atoms with van der Waals surface area (Å²) in [5.41, 5.74) is 4.87. The highest BCUT2D eigenvalue weighted by atomic mass is 79.9. The molecule has 3 nitrogen and oxygen atoms in total. The summed E-state index contributed by atoms with van der Waals surface area (Å²) in [5, 5.41) is -0.918. The predicted molar refractivity (Wildman–Crippen MR) is 55.4 cm³/mol. The topological polar surface area (TPSA) is 52.3 Å². The zero-order valence-corrected chi connectivity index (χ0v) is 9.78. The van der Waals surface area contributed by atoms with Gasteiger partial charge in [0, 0.05) is 4.47 Å². The third-order valence-corrected chi connectivity index (χ3v) is 2.40. The zero-order chi connectivity index (χ0) is 12.5. The fourth-order valence-corrected chi connectivity index (χ4v) is 1.74. The largest absolute Gasteiger partial charge is 0.573 e. The predicted octanol–water partition coefficient (Wildman–Crippen LogP) is 3.31. The maximum atomic E-state index is 11.9. The average molecular weight is 318 g/mol. The second kappa shape index (κ2) is 4.50. The Bertz CT molecular complexity index is 436. The van der Waals surface area contributed by atoms with Gasteiger partial charge in [-0.25, -0.2) is 0 Å². The molecule has 0 amide bonds. The number of carbonyl (C=O) groups is 1. The van der Waals surface area contributed by atoms with Crippen molar-refractivity contribution in [1.29, 1.82) is 0 Å². The first-order chi connectivity index (χ1) is 7.20. The highest BCUT2D eigenvalue weighted by Gasteiger charge is 2.32. The molecule has 1 aromatic rings. The third-order valence-electron chi connectivity index (χ3n) is 1.54. The van der Waals surface area contributed by atoms with Crippen LogP contribution in [-0.2, 0) is 0 Å². The van der Waals surface area contributed by atoms with Crippen molar-refractivity contribution in [2.24, 2.45) is 0 Å². The number of ether oxygens (including phenoxy) is 1. The van der Waals surface area contributed by atoms with E-state index < -0.39 is 17.4 Å². The van der Waals surface area contributed by atoms with Crippen molar-refractivity contribution < 1.29 is 22.7 Å². The molecular formula is C8H4BrClF3NO2. The van der Waals surface area contributed by atoms with Crippen molar-refractivity contribution in [3.05, 3.63) is 22.2 Å². The number of nitrogens with two attached hydrogens (primary N) is 1. The molecule has 88 valence electrons. The van der Waals surface area contributed by atoms with Gasteiger partial charge in [-0.2, -0.15) is 0 Å². The molecule has 2 N–H and O–H groups in total. The molecule has 0 bridgehead atoms. The Hall–Kier alpha value is -0.950. The minimum absolute atomic E-state index is 0.157. The van der Waals surface area contributed by atoms with E-state index in [1.54, 1.807) is 0 Å². The quantitative estimate of drug-likeness (QED) is 0.672. The van der Waals surface area contributed by atoms with Crippen LogP contribution in [0.25, 0.3) is 0 Å². The van der Waals surface area contributed by atoms with Crippen LogP contribution in [0.5, 0.6) is 5.75 Å². The Morgan fingerprint density at radius 3 is 2.44 bits per heavy atom. The van der Waals surface area contributed by atoms with Crippen molar-refractivity contribution in [1.82, 2.24) is 0 Å². The Balaban J connectivity index is 3.20. The molecule has 0 saturated carbocycles. The molecule has 16 heavy (non-hydrogen) atoms. The smallest absolute Gasteiger partial charge is 0.404 e. The molecule has 8 heteroatoms. The highest BCUT2D eigenvalue weighted by molar-refractivity contribution is 9.10. The molecular weight excluding hydrogens is 314 g/mol. The summed E-state index contributed by atoms with van der Waals surface area (Å²) in [6.07, 6.45) is -4.88. The molecule has 0 aliphatic rings. The molecule has 0 saturated heterocycles. The first kappa shape index (κ1) is 13.1. The number of hydrogen-bond donors (Lipinski definition) is 1. The van der Waals surface area contributed by atoms with Crippen LogP contribution in [0, 0.1) is 0 Å². The van der Waals surface area contributed by atoms with Gasteiger partial charge in [0.1, 0.15) is 0 Å². The molecule has 0 heterocycles. The van der Waals surface area contributed by atoms with E-state index in [9.17, 15) is 18.0 Å². The number of carbonyl (C=O) groups excluding carboxylic acids is 1. The zero-order valence-electron chi connectivity index (χ0n) is 7.44. The SMILES string of the molecule is Nc1cc(Br)c(C(=O)Cl)cc1OC(F)(F)F. The summed E-state index contributed by atoms with van der Waals surface area (Å²) in [6, 6.07) is 1.93. The van der Waals surface area contributed by atoms with Gasteiger partial charge < -0.3 is 10.5 Å². The lowest BCUT2D eigenvalue weighted by molar-refractivity contribution is -0.274. The second-order valence-corrected chi connectivity index (χ2v) is 3.89. The van der Waals surface area contributed by atoms with E-state index in [4.69, 9.17) is 17.3 Å². The minimum atomic E-state index is -4.88. The van der Waals surface area contributed by atoms with E-state index in [1.165, 1.54) is 0 Å². The van der Waals surface area contributed by atoms with Gasteiger partial charge in [-0.3, -0.25) is 4.79 Å². The van der Waals surface area contributed by atoms with Crippen LogP contribution >= 0.6 is 27.5 Å². The molecule has 1 rings (SSSR count). The number of hydrogen-bond acceptors (Lipinski definition) is 3. The molecule has 1 aromatic carbocycles. The number of rotatable bonds is 2.